The maximum Gasteiger partial charge on any atom is 0.243 e. The van der Waals surface area contributed by atoms with Crippen LogP contribution in [0.25, 0.3) is 11.0 Å². The van der Waals surface area contributed by atoms with E-state index in [4.69, 9.17) is 4.74 Å². The van der Waals surface area contributed by atoms with Gasteiger partial charge in [0.25, 0.3) is 0 Å². The van der Waals surface area contributed by atoms with E-state index in [9.17, 15) is 18.8 Å². The Balaban J connectivity index is 1.15. The van der Waals surface area contributed by atoms with E-state index in [1.165, 1.54) is 6.07 Å². The summed E-state index contributed by atoms with van der Waals surface area (Å²) < 4.78 is 19.4. The molecule has 37 heavy (non-hydrogen) atoms. The Hall–Kier alpha value is -3.01. The number of carbonyl (C=O) groups is 3. The number of nitrogens with one attached hydrogen (secondary N) is 3. The van der Waals surface area contributed by atoms with Crippen LogP contribution in [-0.2, 0) is 19.1 Å². The summed E-state index contributed by atoms with van der Waals surface area (Å²) in [5, 5.41) is 5.76. The summed E-state index contributed by atoms with van der Waals surface area (Å²) in [6.45, 7) is 3.82. The van der Waals surface area contributed by atoms with Crippen molar-refractivity contribution in [3.05, 3.63) is 29.8 Å². The lowest BCUT2D eigenvalue weighted by molar-refractivity contribution is -0.184. The van der Waals surface area contributed by atoms with Crippen LogP contribution < -0.4 is 10.6 Å². The van der Waals surface area contributed by atoms with E-state index >= 15 is 0 Å². The zero-order valence-electron chi connectivity index (χ0n) is 21.1. The number of nitrogens with zero attached hydrogens (tertiary/aromatic N) is 2. The summed E-state index contributed by atoms with van der Waals surface area (Å²) in [7, 11) is 0. The van der Waals surface area contributed by atoms with E-state index < -0.39 is 23.8 Å². The lowest BCUT2D eigenvalue weighted by atomic mass is 9.60. The lowest BCUT2D eigenvalue weighted by Gasteiger charge is -2.52. The number of hydrogen-bond donors (Lipinski definition) is 3. The molecule has 198 valence electrons. The molecular weight excluding hydrogens is 477 g/mol. The van der Waals surface area contributed by atoms with E-state index in [0.29, 0.717) is 37.0 Å². The summed E-state index contributed by atoms with van der Waals surface area (Å²) in [5.41, 5.74) is 0.862. The van der Waals surface area contributed by atoms with Crippen molar-refractivity contribution in [1.29, 1.82) is 0 Å². The second-order valence-electron chi connectivity index (χ2n) is 11.5. The van der Waals surface area contributed by atoms with E-state index in [2.05, 4.69) is 20.6 Å². The Morgan fingerprint density at radius 1 is 1.22 bits per heavy atom. The number of amides is 3. The lowest BCUT2D eigenvalue weighted by Crippen LogP contribution is -2.58. The molecule has 2 aliphatic carbocycles. The number of imidazole rings is 1. The Bertz CT molecular complexity index is 1210. The van der Waals surface area contributed by atoms with Crippen molar-refractivity contribution in [3.63, 3.8) is 0 Å². The van der Waals surface area contributed by atoms with Crippen LogP contribution in [0.4, 0.5) is 4.39 Å². The molecule has 3 atom stereocenters. The van der Waals surface area contributed by atoms with E-state index in [-0.39, 0.29) is 41.1 Å². The number of halogens is 1. The number of carbonyl (C=O) groups excluding carboxylic acids is 3. The molecule has 4 aliphatic rings. The molecule has 2 aromatic rings. The summed E-state index contributed by atoms with van der Waals surface area (Å²) in [5.74, 6) is -0.345. The third-order valence-electron chi connectivity index (χ3n) is 8.60. The molecular formula is C27H34FN5O4. The first-order chi connectivity index (χ1) is 17.8. The normalized spacial score (nSPS) is 24.4. The fourth-order valence-corrected chi connectivity index (χ4v) is 6.26. The fraction of sp³-hybridized carbons (Fsp3) is 0.630. The maximum atomic E-state index is 14.1. The van der Waals surface area contributed by atoms with Gasteiger partial charge in [0.15, 0.2) is 0 Å². The third-order valence-corrected chi connectivity index (χ3v) is 8.60. The Kier molecular flexibility index (Phi) is 6.17. The molecule has 1 unspecified atom stereocenters. The van der Waals surface area contributed by atoms with Gasteiger partial charge in [-0.05, 0) is 63.5 Å². The molecule has 3 heterocycles. The molecule has 1 aromatic carbocycles. The van der Waals surface area contributed by atoms with Crippen molar-refractivity contribution in [2.24, 2.45) is 17.3 Å². The highest BCUT2D eigenvalue weighted by Crippen LogP contribution is 2.50. The molecule has 9 nitrogen and oxygen atoms in total. The number of hydrogen-bond acceptors (Lipinski definition) is 5. The Labute approximate surface area is 214 Å². The van der Waals surface area contributed by atoms with Crippen LogP contribution in [0.2, 0.25) is 0 Å². The monoisotopic (exact) mass is 511 g/mol. The molecule has 0 radical (unpaired) electrons. The van der Waals surface area contributed by atoms with Crippen molar-refractivity contribution in [2.75, 3.05) is 19.8 Å². The minimum absolute atomic E-state index is 0.0801. The smallest absolute Gasteiger partial charge is 0.243 e. The average Bonchev–Trinajstić information content (AvgIpc) is 3.35. The van der Waals surface area contributed by atoms with E-state index in [1.54, 1.807) is 19.1 Å². The first-order valence-corrected chi connectivity index (χ1v) is 13.4. The molecule has 6 rings (SSSR count). The van der Waals surface area contributed by atoms with Gasteiger partial charge in [-0.2, -0.15) is 0 Å². The quantitative estimate of drug-likeness (QED) is 0.504. The number of benzene rings is 1. The second-order valence-corrected chi connectivity index (χ2v) is 11.5. The van der Waals surface area contributed by atoms with Gasteiger partial charge in [0.1, 0.15) is 23.2 Å². The zero-order valence-corrected chi connectivity index (χ0v) is 21.1. The van der Waals surface area contributed by atoms with Gasteiger partial charge in [-0.15, -0.1) is 0 Å². The number of likely N-dealkylation sites (tertiary alicyclic amines) is 1. The minimum Gasteiger partial charge on any atom is -0.380 e. The SMILES string of the molecule is C[C@H](NC(=O)[C@H](CC(=O)N1CCCC1C1CC1)NC(=O)C1CC2(COC2)C1)c1nc2cccc(F)c2[nH]1. The van der Waals surface area contributed by atoms with Crippen molar-refractivity contribution >= 4 is 28.8 Å². The number of aromatic amines is 1. The first-order valence-electron chi connectivity index (χ1n) is 13.4. The van der Waals surface area contributed by atoms with Gasteiger partial charge in [0.05, 0.1) is 31.2 Å². The van der Waals surface area contributed by atoms with Crippen molar-refractivity contribution < 1.29 is 23.5 Å². The van der Waals surface area contributed by atoms with Gasteiger partial charge in [-0.25, -0.2) is 9.37 Å². The van der Waals surface area contributed by atoms with Gasteiger partial charge < -0.3 is 25.3 Å². The number of aromatic nitrogens is 2. The van der Waals surface area contributed by atoms with Crippen molar-refractivity contribution in [1.82, 2.24) is 25.5 Å². The topological polar surface area (TPSA) is 116 Å². The number of ether oxygens (including phenoxy) is 1. The predicted octanol–water partition coefficient (Wildman–Crippen LogP) is 2.58. The second kappa shape index (κ2) is 9.38. The van der Waals surface area contributed by atoms with Gasteiger partial charge in [-0.1, -0.05) is 6.07 Å². The van der Waals surface area contributed by atoms with Gasteiger partial charge >= 0.3 is 0 Å². The highest BCUT2D eigenvalue weighted by Gasteiger charge is 2.52. The number of H-pyrrole nitrogens is 1. The summed E-state index contributed by atoms with van der Waals surface area (Å²) >= 11 is 0. The van der Waals surface area contributed by atoms with Gasteiger partial charge in [0, 0.05) is 23.9 Å². The molecule has 1 aromatic heterocycles. The first kappa shape index (κ1) is 24.3. The Morgan fingerprint density at radius 3 is 2.68 bits per heavy atom. The number of fused-ring (bicyclic) bond motifs is 1. The molecule has 10 heteroatoms. The van der Waals surface area contributed by atoms with Crippen LogP contribution in [0, 0.1) is 23.1 Å². The molecule has 4 fully saturated rings. The molecule has 1 spiro atoms. The summed E-state index contributed by atoms with van der Waals surface area (Å²) in [4.78, 5) is 49.0. The van der Waals surface area contributed by atoms with E-state index in [0.717, 1.165) is 38.5 Å². The van der Waals surface area contributed by atoms with E-state index in [1.807, 2.05) is 4.90 Å². The Morgan fingerprint density at radius 2 is 2.00 bits per heavy atom. The van der Waals surface area contributed by atoms with Crippen LogP contribution in [0.1, 0.15) is 63.7 Å². The van der Waals surface area contributed by atoms with Crippen LogP contribution >= 0.6 is 0 Å². The average molecular weight is 512 g/mol. The molecule has 3 amide bonds. The van der Waals surface area contributed by atoms with Crippen LogP contribution in [0.3, 0.4) is 0 Å². The molecule has 3 N–H and O–H groups in total. The fourth-order valence-electron chi connectivity index (χ4n) is 6.26. The molecule has 2 saturated heterocycles. The molecule has 0 bridgehead atoms. The summed E-state index contributed by atoms with van der Waals surface area (Å²) in [6.07, 6.45) is 5.70. The van der Waals surface area contributed by atoms with Gasteiger partial charge in [-0.3, -0.25) is 14.4 Å². The summed E-state index contributed by atoms with van der Waals surface area (Å²) in [6, 6.07) is 3.31. The largest absolute Gasteiger partial charge is 0.380 e. The van der Waals surface area contributed by atoms with Crippen molar-refractivity contribution in [3.8, 4) is 0 Å². The standard InChI is InChI=1S/C27H34FN5O4/c1-15(24-30-19-5-2-4-18(28)23(19)32-24)29-26(36)20(31-25(35)17-11-27(12-17)13-37-14-27)10-22(34)33-9-3-6-21(33)16-7-8-16/h2,4-5,15-17,20-21H,3,6-14H2,1H3,(H,29,36)(H,30,32)(H,31,35)/t15-,20-,21?/m0/s1. The molecule has 2 saturated carbocycles. The highest BCUT2D eigenvalue weighted by atomic mass is 19.1. The predicted molar refractivity (Wildman–Crippen MR) is 133 cm³/mol. The maximum absolute atomic E-state index is 14.1. The molecule has 2 aliphatic heterocycles. The number of rotatable bonds is 8. The minimum atomic E-state index is -0.988. The van der Waals surface area contributed by atoms with Crippen molar-refractivity contribution in [2.45, 2.75) is 70.0 Å². The van der Waals surface area contributed by atoms with Crippen LogP contribution in [-0.4, -0.2) is 64.4 Å². The number of para-hydroxylation sites is 1. The third kappa shape index (κ3) is 4.71. The van der Waals surface area contributed by atoms with Crippen LogP contribution in [0.15, 0.2) is 18.2 Å². The van der Waals surface area contributed by atoms with Crippen LogP contribution in [0.5, 0.6) is 0 Å². The zero-order chi connectivity index (χ0) is 25.7. The highest BCUT2D eigenvalue weighted by molar-refractivity contribution is 5.93. The van der Waals surface area contributed by atoms with Gasteiger partial charge in [0.2, 0.25) is 17.7 Å².